The SMILES string of the molecule is CCC(CC)(CN)NC(=O)CCc1cccc([N+](=O)[O-])c1. The molecule has 0 spiro atoms. The van der Waals surface area contributed by atoms with Crippen LogP contribution in [0.4, 0.5) is 5.69 Å². The van der Waals surface area contributed by atoms with Crippen molar-refractivity contribution < 1.29 is 9.72 Å². The number of amides is 1. The predicted octanol–water partition coefficient (Wildman–Crippen LogP) is 2.16. The van der Waals surface area contributed by atoms with Crippen LogP contribution in [0.1, 0.15) is 38.7 Å². The monoisotopic (exact) mass is 293 g/mol. The number of nitrogens with one attached hydrogen (secondary N) is 1. The summed E-state index contributed by atoms with van der Waals surface area (Å²) < 4.78 is 0. The summed E-state index contributed by atoms with van der Waals surface area (Å²) in [6.45, 7) is 4.40. The Labute approximate surface area is 124 Å². The Morgan fingerprint density at radius 2 is 2.05 bits per heavy atom. The zero-order valence-electron chi connectivity index (χ0n) is 12.6. The second-order valence-electron chi connectivity index (χ2n) is 5.17. The number of hydrogen-bond acceptors (Lipinski definition) is 4. The van der Waals surface area contributed by atoms with E-state index in [1.807, 2.05) is 13.8 Å². The molecule has 0 unspecified atom stereocenters. The van der Waals surface area contributed by atoms with E-state index in [0.717, 1.165) is 18.4 Å². The number of non-ortho nitro benzene ring substituents is 1. The third-order valence-electron chi connectivity index (χ3n) is 3.91. The Hall–Kier alpha value is -1.95. The standard InChI is InChI=1S/C15H23N3O3/c1-3-15(4-2,11-16)17-14(19)9-8-12-6-5-7-13(10-12)18(20)21/h5-7,10H,3-4,8-9,11,16H2,1-2H3,(H,17,19). The molecule has 1 aromatic rings. The fraction of sp³-hybridized carbons (Fsp3) is 0.533. The Morgan fingerprint density at radius 3 is 2.57 bits per heavy atom. The molecule has 3 N–H and O–H groups in total. The van der Waals surface area contributed by atoms with Crippen molar-refractivity contribution in [3.05, 3.63) is 39.9 Å². The van der Waals surface area contributed by atoms with E-state index in [-0.39, 0.29) is 17.1 Å². The first-order valence-corrected chi connectivity index (χ1v) is 7.20. The van der Waals surface area contributed by atoms with Gasteiger partial charge in [-0.05, 0) is 24.8 Å². The van der Waals surface area contributed by atoms with Gasteiger partial charge in [-0.15, -0.1) is 0 Å². The maximum Gasteiger partial charge on any atom is 0.269 e. The Bertz CT molecular complexity index is 490. The van der Waals surface area contributed by atoms with Gasteiger partial charge >= 0.3 is 0 Å². The molecule has 0 aliphatic rings. The van der Waals surface area contributed by atoms with Gasteiger partial charge in [0.15, 0.2) is 0 Å². The first-order chi connectivity index (χ1) is 9.96. The van der Waals surface area contributed by atoms with Crippen molar-refractivity contribution in [3.8, 4) is 0 Å². The number of nitrogens with two attached hydrogens (primary N) is 1. The zero-order chi connectivity index (χ0) is 15.9. The number of nitro benzene ring substituents is 1. The number of carbonyl (C=O) groups excluding carboxylic acids is 1. The average molecular weight is 293 g/mol. The number of rotatable bonds is 8. The van der Waals surface area contributed by atoms with Gasteiger partial charge in [0.1, 0.15) is 0 Å². The quantitative estimate of drug-likeness (QED) is 0.566. The van der Waals surface area contributed by atoms with Crippen molar-refractivity contribution in [1.82, 2.24) is 5.32 Å². The van der Waals surface area contributed by atoms with Crippen LogP contribution in [-0.2, 0) is 11.2 Å². The van der Waals surface area contributed by atoms with Gasteiger partial charge in [0.2, 0.25) is 5.91 Å². The Kier molecular flexibility index (Phi) is 6.30. The summed E-state index contributed by atoms with van der Waals surface area (Å²) in [7, 11) is 0. The highest BCUT2D eigenvalue weighted by atomic mass is 16.6. The topological polar surface area (TPSA) is 98.3 Å². The Morgan fingerprint density at radius 1 is 1.38 bits per heavy atom. The summed E-state index contributed by atoms with van der Waals surface area (Å²) in [6.07, 6.45) is 2.33. The number of nitro groups is 1. The lowest BCUT2D eigenvalue weighted by atomic mass is 9.92. The maximum atomic E-state index is 12.0. The minimum Gasteiger partial charge on any atom is -0.349 e. The van der Waals surface area contributed by atoms with Crippen LogP contribution in [-0.4, -0.2) is 22.9 Å². The molecule has 6 heteroatoms. The minimum atomic E-state index is -0.433. The summed E-state index contributed by atoms with van der Waals surface area (Å²) in [5, 5.41) is 13.7. The van der Waals surface area contributed by atoms with E-state index in [4.69, 9.17) is 5.73 Å². The highest BCUT2D eigenvalue weighted by Crippen LogP contribution is 2.16. The molecule has 0 aromatic heterocycles. The van der Waals surface area contributed by atoms with Gasteiger partial charge in [-0.2, -0.15) is 0 Å². The lowest BCUT2D eigenvalue weighted by Crippen LogP contribution is -2.52. The van der Waals surface area contributed by atoms with Crippen LogP contribution in [0.25, 0.3) is 0 Å². The van der Waals surface area contributed by atoms with Gasteiger partial charge in [0, 0.05) is 25.1 Å². The molecule has 1 aromatic carbocycles. The fourth-order valence-corrected chi connectivity index (χ4v) is 2.21. The third-order valence-corrected chi connectivity index (χ3v) is 3.91. The van der Waals surface area contributed by atoms with E-state index in [2.05, 4.69) is 5.32 Å². The van der Waals surface area contributed by atoms with Crippen molar-refractivity contribution in [2.75, 3.05) is 6.54 Å². The van der Waals surface area contributed by atoms with Crippen LogP contribution in [0.5, 0.6) is 0 Å². The van der Waals surface area contributed by atoms with Gasteiger partial charge in [-0.1, -0.05) is 26.0 Å². The molecular formula is C15H23N3O3. The number of nitrogens with zero attached hydrogens (tertiary/aromatic N) is 1. The first-order valence-electron chi connectivity index (χ1n) is 7.20. The van der Waals surface area contributed by atoms with Crippen LogP contribution in [0.3, 0.4) is 0 Å². The van der Waals surface area contributed by atoms with Gasteiger partial charge < -0.3 is 11.1 Å². The molecule has 0 heterocycles. The number of aryl methyl sites for hydroxylation is 1. The second kappa shape index (κ2) is 7.73. The van der Waals surface area contributed by atoms with Crippen molar-refractivity contribution in [2.24, 2.45) is 5.73 Å². The van der Waals surface area contributed by atoms with Crippen LogP contribution < -0.4 is 11.1 Å². The number of benzene rings is 1. The third kappa shape index (κ3) is 4.82. The summed E-state index contributed by atoms with van der Waals surface area (Å²) in [5.41, 5.74) is 6.23. The van der Waals surface area contributed by atoms with Crippen molar-refractivity contribution in [2.45, 2.75) is 45.1 Å². The second-order valence-corrected chi connectivity index (χ2v) is 5.17. The van der Waals surface area contributed by atoms with Crippen LogP contribution in [0.2, 0.25) is 0 Å². The highest BCUT2D eigenvalue weighted by Gasteiger charge is 2.25. The molecule has 0 bridgehead atoms. The summed E-state index contributed by atoms with van der Waals surface area (Å²) >= 11 is 0. The van der Waals surface area contributed by atoms with E-state index >= 15 is 0 Å². The molecule has 0 radical (unpaired) electrons. The normalized spacial score (nSPS) is 11.2. The molecule has 21 heavy (non-hydrogen) atoms. The van der Waals surface area contributed by atoms with E-state index < -0.39 is 4.92 Å². The molecule has 0 saturated carbocycles. The summed E-state index contributed by atoms with van der Waals surface area (Å²) in [5.74, 6) is -0.0735. The van der Waals surface area contributed by atoms with Crippen LogP contribution in [0, 0.1) is 10.1 Å². The molecule has 0 aliphatic heterocycles. The molecule has 0 fully saturated rings. The lowest BCUT2D eigenvalue weighted by Gasteiger charge is -2.31. The van der Waals surface area contributed by atoms with Crippen LogP contribution in [0.15, 0.2) is 24.3 Å². The molecule has 6 nitrogen and oxygen atoms in total. The fourth-order valence-electron chi connectivity index (χ4n) is 2.21. The summed E-state index contributed by atoms with van der Waals surface area (Å²) in [6, 6.07) is 6.37. The molecule has 1 amide bonds. The van der Waals surface area contributed by atoms with Crippen molar-refractivity contribution in [1.29, 1.82) is 0 Å². The Balaban J connectivity index is 2.61. The van der Waals surface area contributed by atoms with E-state index in [1.54, 1.807) is 12.1 Å². The molecule has 0 aliphatic carbocycles. The lowest BCUT2D eigenvalue weighted by molar-refractivity contribution is -0.384. The van der Waals surface area contributed by atoms with E-state index in [0.29, 0.717) is 19.4 Å². The zero-order valence-corrected chi connectivity index (χ0v) is 12.6. The molecule has 1 rings (SSSR count). The molecular weight excluding hydrogens is 270 g/mol. The molecule has 0 atom stereocenters. The number of hydrogen-bond donors (Lipinski definition) is 2. The largest absolute Gasteiger partial charge is 0.349 e. The number of carbonyl (C=O) groups is 1. The maximum absolute atomic E-state index is 12.0. The van der Waals surface area contributed by atoms with Gasteiger partial charge in [0.25, 0.3) is 5.69 Å². The highest BCUT2D eigenvalue weighted by molar-refractivity contribution is 5.77. The van der Waals surface area contributed by atoms with Crippen LogP contribution >= 0.6 is 0 Å². The summed E-state index contributed by atoms with van der Waals surface area (Å²) in [4.78, 5) is 22.3. The smallest absolute Gasteiger partial charge is 0.269 e. The van der Waals surface area contributed by atoms with Gasteiger partial charge in [-0.3, -0.25) is 14.9 Å². The average Bonchev–Trinajstić information content (AvgIpc) is 2.51. The van der Waals surface area contributed by atoms with Crippen molar-refractivity contribution >= 4 is 11.6 Å². The predicted molar refractivity (Wildman–Crippen MR) is 81.9 cm³/mol. The van der Waals surface area contributed by atoms with E-state index in [1.165, 1.54) is 12.1 Å². The minimum absolute atomic E-state index is 0.0475. The van der Waals surface area contributed by atoms with Gasteiger partial charge in [-0.25, -0.2) is 0 Å². The van der Waals surface area contributed by atoms with Gasteiger partial charge in [0.05, 0.1) is 10.5 Å². The molecule has 0 saturated heterocycles. The van der Waals surface area contributed by atoms with E-state index in [9.17, 15) is 14.9 Å². The molecule has 116 valence electrons. The first kappa shape index (κ1) is 17.1. The van der Waals surface area contributed by atoms with Crippen molar-refractivity contribution in [3.63, 3.8) is 0 Å².